The topological polar surface area (TPSA) is 58.4 Å². The molecule has 2 atom stereocenters. The van der Waals surface area contributed by atoms with Crippen molar-refractivity contribution in [2.24, 2.45) is 0 Å². The molecule has 2 aromatic heterocycles. The Balaban J connectivity index is 1.48. The van der Waals surface area contributed by atoms with Gasteiger partial charge in [-0.1, -0.05) is 18.2 Å². The molecule has 7 heteroatoms. The molecule has 1 fully saturated rings. The maximum Gasteiger partial charge on any atom is 0.271 e. The first-order chi connectivity index (χ1) is 14.1. The van der Waals surface area contributed by atoms with E-state index in [4.69, 9.17) is 0 Å². The van der Waals surface area contributed by atoms with Gasteiger partial charge in [-0.15, -0.1) is 0 Å². The van der Waals surface area contributed by atoms with Gasteiger partial charge in [-0.2, -0.15) is 0 Å². The van der Waals surface area contributed by atoms with Crippen LogP contribution in [-0.4, -0.2) is 50.3 Å². The molecule has 3 aromatic rings. The minimum atomic E-state index is -0.532. The molecule has 0 aliphatic carbocycles. The van der Waals surface area contributed by atoms with Gasteiger partial charge in [0.1, 0.15) is 11.5 Å². The maximum atomic E-state index is 14.2. The third-order valence-electron chi connectivity index (χ3n) is 5.73. The molecule has 0 saturated carbocycles. The van der Waals surface area contributed by atoms with Crippen LogP contribution in [-0.2, 0) is 6.54 Å². The highest BCUT2D eigenvalue weighted by molar-refractivity contribution is 5.96. The fourth-order valence-electron chi connectivity index (χ4n) is 4.34. The largest absolute Gasteiger partial charge is 0.337 e. The van der Waals surface area contributed by atoms with Crippen molar-refractivity contribution < 1.29 is 14.0 Å². The Bertz CT molecular complexity index is 1080. The van der Waals surface area contributed by atoms with Gasteiger partial charge in [0.05, 0.1) is 29.9 Å². The fraction of sp³-hybridized carbons (Fsp3) is 0.227. The SMILES string of the molecule is O=C(c1ccccc1F)N1CC2C(C1)n1cccc1C(=O)N2Cc1ccccn1. The van der Waals surface area contributed by atoms with Crippen LogP contribution in [0.3, 0.4) is 0 Å². The zero-order valence-corrected chi connectivity index (χ0v) is 15.6. The van der Waals surface area contributed by atoms with Crippen LogP contribution < -0.4 is 0 Å². The van der Waals surface area contributed by atoms with Crippen LogP contribution in [0.2, 0.25) is 0 Å². The highest BCUT2D eigenvalue weighted by atomic mass is 19.1. The minimum Gasteiger partial charge on any atom is -0.337 e. The molecule has 146 valence electrons. The predicted molar refractivity (Wildman–Crippen MR) is 104 cm³/mol. The summed E-state index contributed by atoms with van der Waals surface area (Å²) in [7, 11) is 0. The number of halogens is 1. The minimum absolute atomic E-state index is 0.0569. The molecule has 0 bridgehead atoms. The monoisotopic (exact) mass is 390 g/mol. The number of rotatable bonds is 3. The van der Waals surface area contributed by atoms with Crippen LogP contribution >= 0.6 is 0 Å². The zero-order valence-electron chi connectivity index (χ0n) is 15.6. The molecule has 4 heterocycles. The van der Waals surface area contributed by atoms with E-state index in [-0.39, 0.29) is 29.5 Å². The van der Waals surface area contributed by atoms with Crippen LogP contribution in [0.4, 0.5) is 4.39 Å². The van der Waals surface area contributed by atoms with Gasteiger partial charge >= 0.3 is 0 Å². The van der Waals surface area contributed by atoms with E-state index >= 15 is 0 Å². The summed E-state index contributed by atoms with van der Waals surface area (Å²) in [6.45, 7) is 1.15. The lowest BCUT2D eigenvalue weighted by Gasteiger charge is -2.37. The van der Waals surface area contributed by atoms with E-state index in [1.165, 1.54) is 12.1 Å². The van der Waals surface area contributed by atoms with Crippen molar-refractivity contribution in [3.63, 3.8) is 0 Å². The van der Waals surface area contributed by atoms with Gasteiger partial charge in [0.25, 0.3) is 11.8 Å². The molecule has 29 heavy (non-hydrogen) atoms. The number of carbonyl (C=O) groups is 2. The number of likely N-dealkylation sites (tertiary alicyclic amines) is 1. The average molecular weight is 390 g/mol. The number of aromatic nitrogens is 2. The third kappa shape index (κ3) is 2.90. The van der Waals surface area contributed by atoms with E-state index in [9.17, 15) is 14.0 Å². The summed E-state index contributed by atoms with van der Waals surface area (Å²) in [5.74, 6) is -0.964. The zero-order chi connectivity index (χ0) is 20.0. The molecule has 6 nitrogen and oxygen atoms in total. The van der Waals surface area contributed by atoms with Crippen molar-refractivity contribution in [3.8, 4) is 0 Å². The van der Waals surface area contributed by atoms with E-state index < -0.39 is 5.82 Å². The van der Waals surface area contributed by atoms with Crippen LogP contribution in [0.15, 0.2) is 67.0 Å². The molecule has 2 unspecified atom stereocenters. The summed E-state index contributed by atoms with van der Waals surface area (Å²) in [5, 5.41) is 0. The number of pyridine rings is 1. The fourth-order valence-corrected chi connectivity index (χ4v) is 4.34. The van der Waals surface area contributed by atoms with E-state index in [2.05, 4.69) is 4.98 Å². The number of hydrogen-bond acceptors (Lipinski definition) is 3. The molecule has 2 aliphatic rings. The average Bonchev–Trinajstić information content (AvgIpc) is 3.39. The molecule has 2 amide bonds. The van der Waals surface area contributed by atoms with E-state index in [1.54, 1.807) is 34.2 Å². The van der Waals surface area contributed by atoms with Gasteiger partial charge in [0.15, 0.2) is 0 Å². The van der Waals surface area contributed by atoms with E-state index in [0.29, 0.717) is 25.3 Å². The van der Waals surface area contributed by atoms with Gasteiger partial charge in [-0.3, -0.25) is 14.6 Å². The van der Waals surface area contributed by atoms with E-state index in [0.717, 1.165) is 5.69 Å². The smallest absolute Gasteiger partial charge is 0.271 e. The summed E-state index contributed by atoms with van der Waals surface area (Å²) >= 11 is 0. The first-order valence-corrected chi connectivity index (χ1v) is 9.55. The number of amides is 2. The highest BCUT2D eigenvalue weighted by Gasteiger charge is 2.46. The Labute approximate surface area is 167 Å². The second-order valence-electron chi connectivity index (χ2n) is 7.38. The first-order valence-electron chi connectivity index (χ1n) is 9.55. The standard InChI is InChI=1S/C22H19FN4O2/c23-17-8-2-1-7-16(17)21(28)25-13-19-20(14-25)27(12-15-6-3-4-10-24-15)22(29)18-9-5-11-26(18)19/h1-11,19-20H,12-14H2. The van der Waals surface area contributed by atoms with Crippen LogP contribution in [0.1, 0.15) is 32.6 Å². The lowest BCUT2D eigenvalue weighted by atomic mass is 10.1. The highest BCUT2D eigenvalue weighted by Crippen LogP contribution is 2.35. The van der Waals surface area contributed by atoms with Crippen molar-refractivity contribution in [3.05, 3.63) is 89.8 Å². The van der Waals surface area contributed by atoms with Crippen LogP contribution in [0.5, 0.6) is 0 Å². The van der Waals surface area contributed by atoms with Gasteiger partial charge in [0.2, 0.25) is 0 Å². The Morgan fingerprint density at radius 1 is 1.03 bits per heavy atom. The van der Waals surface area contributed by atoms with Crippen molar-refractivity contribution in [1.29, 1.82) is 0 Å². The van der Waals surface area contributed by atoms with Crippen molar-refractivity contribution in [2.45, 2.75) is 18.6 Å². The molecule has 1 saturated heterocycles. The summed E-state index contributed by atoms with van der Waals surface area (Å²) in [6, 6.07) is 15.0. The van der Waals surface area contributed by atoms with Gasteiger partial charge < -0.3 is 14.4 Å². The van der Waals surface area contributed by atoms with Gasteiger partial charge in [-0.05, 0) is 36.4 Å². The van der Waals surface area contributed by atoms with Crippen molar-refractivity contribution in [2.75, 3.05) is 13.1 Å². The number of nitrogens with zero attached hydrogens (tertiary/aromatic N) is 4. The van der Waals surface area contributed by atoms with Crippen LogP contribution in [0.25, 0.3) is 0 Å². The molecular formula is C22H19FN4O2. The Morgan fingerprint density at radius 3 is 2.62 bits per heavy atom. The summed E-state index contributed by atoms with van der Waals surface area (Å²) < 4.78 is 16.1. The second kappa shape index (κ2) is 6.84. The normalized spacial score (nSPS) is 20.5. The lowest BCUT2D eigenvalue weighted by Crippen LogP contribution is -2.50. The summed E-state index contributed by atoms with van der Waals surface area (Å²) in [5.41, 5.74) is 1.45. The number of hydrogen-bond donors (Lipinski definition) is 0. The third-order valence-corrected chi connectivity index (χ3v) is 5.73. The molecule has 0 spiro atoms. The first kappa shape index (κ1) is 17.6. The molecular weight excluding hydrogens is 371 g/mol. The molecule has 5 rings (SSSR count). The van der Waals surface area contributed by atoms with E-state index in [1.807, 2.05) is 35.0 Å². The summed E-state index contributed by atoms with van der Waals surface area (Å²) in [4.78, 5) is 33.9. The number of fused-ring (bicyclic) bond motifs is 3. The Hall–Kier alpha value is -3.48. The van der Waals surface area contributed by atoms with Gasteiger partial charge in [-0.25, -0.2) is 4.39 Å². The molecule has 2 aliphatic heterocycles. The van der Waals surface area contributed by atoms with Gasteiger partial charge in [0, 0.05) is 25.5 Å². The quantitative estimate of drug-likeness (QED) is 0.691. The van der Waals surface area contributed by atoms with Crippen molar-refractivity contribution in [1.82, 2.24) is 19.4 Å². The lowest BCUT2D eigenvalue weighted by molar-refractivity contribution is 0.0547. The molecule has 1 aromatic carbocycles. The summed E-state index contributed by atoms with van der Waals surface area (Å²) in [6.07, 6.45) is 3.58. The number of carbonyl (C=O) groups excluding carboxylic acids is 2. The predicted octanol–water partition coefficient (Wildman–Crippen LogP) is 2.74. The Kier molecular flexibility index (Phi) is 4.16. The molecule has 0 radical (unpaired) electrons. The Morgan fingerprint density at radius 2 is 1.83 bits per heavy atom. The second-order valence-corrected chi connectivity index (χ2v) is 7.38. The maximum absolute atomic E-state index is 14.2. The van der Waals surface area contributed by atoms with Crippen molar-refractivity contribution >= 4 is 11.8 Å². The molecule has 0 N–H and O–H groups in total. The number of benzene rings is 1. The van der Waals surface area contributed by atoms with Crippen LogP contribution in [0, 0.1) is 5.82 Å².